The molecule has 1 rings (SSSR count). The van der Waals surface area contributed by atoms with Crippen LogP contribution in [0.3, 0.4) is 0 Å². The summed E-state index contributed by atoms with van der Waals surface area (Å²) in [6, 6.07) is 0. The molecule has 1 atom stereocenters. The molecule has 2 nitrogen and oxygen atoms in total. The Kier molecular flexibility index (Phi) is 4.29. The second-order valence-corrected chi connectivity index (χ2v) is 5.75. The van der Waals surface area contributed by atoms with Crippen LogP contribution in [0.2, 0.25) is 0 Å². The van der Waals surface area contributed by atoms with Crippen molar-refractivity contribution in [3.05, 3.63) is 0 Å². The number of ether oxygens (including phenoxy) is 1. The van der Waals surface area contributed by atoms with Crippen molar-refractivity contribution in [1.29, 1.82) is 0 Å². The highest BCUT2D eigenvalue weighted by atomic mass is 32.2. The molecule has 12 heavy (non-hydrogen) atoms. The first-order valence-corrected chi connectivity index (χ1v) is 6.18. The van der Waals surface area contributed by atoms with Crippen LogP contribution in [0.4, 0.5) is 0 Å². The number of esters is 1. The van der Waals surface area contributed by atoms with E-state index in [0.29, 0.717) is 4.58 Å². The van der Waals surface area contributed by atoms with Crippen LogP contribution in [-0.4, -0.2) is 28.2 Å². The Bertz CT molecular complexity index is 155. The van der Waals surface area contributed by atoms with Gasteiger partial charge in [-0.3, -0.25) is 4.79 Å². The van der Waals surface area contributed by atoms with E-state index in [-0.39, 0.29) is 12.1 Å². The molecule has 0 aromatic heterocycles. The lowest BCUT2D eigenvalue weighted by atomic mass is 10.3. The second-order valence-electron chi connectivity index (χ2n) is 2.83. The molecule has 0 amide bonds. The zero-order chi connectivity index (χ0) is 8.97. The molecule has 0 saturated carbocycles. The molecule has 1 saturated heterocycles. The van der Waals surface area contributed by atoms with Gasteiger partial charge in [0, 0.05) is 24.9 Å². The van der Waals surface area contributed by atoms with Gasteiger partial charge in [0.05, 0.1) is 4.58 Å². The smallest absolute Gasteiger partial charge is 0.302 e. The van der Waals surface area contributed by atoms with Crippen molar-refractivity contribution in [2.24, 2.45) is 0 Å². The number of hydrogen-bond donors (Lipinski definition) is 0. The summed E-state index contributed by atoms with van der Waals surface area (Å²) < 4.78 is 5.68. The predicted octanol–water partition coefficient (Wildman–Crippen LogP) is 2.13. The van der Waals surface area contributed by atoms with Crippen molar-refractivity contribution in [3.8, 4) is 0 Å². The maximum Gasteiger partial charge on any atom is 0.302 e. The fourth-order valence-electron chi connectivity index (χ4n) is 1.15. The summed E-state index contributed by atoms with van der Waals surface area (Å²) in [5.41, 5.74) is 0. The third-order valence-electron chi connectivity index (χ3n) is 1.58. The molecule has 0 aliphatic carbocycles. The molecule has 0 N–H and O–H groups in total. The Balaban J connectivity index is 2.16. The van der Waals surface area contributed by atoms with Crippen molar-refractivity contribution in [2.45, 2.75) is 31.0 Å². The molecule has 1 aliphatic rings. The van der Waals surface area contributed by atoms with Gasteiger partial charge in [0.15, 0.2) is 0 Å². The normalized spacial score (nSPS) is 20.8. The van der Waals surface area contributed by atoms with E-state index < -0.39 is 0 Å². The van der Waals surface area contributed by atoms with Crippen LogP contribution < -0.4 is 0 Å². The minimum Gasteiger partial charge on any atom is -0.463 e. The number of hydrogen-bond acceptors (Lipinski definition) is 4. The zero-order valence-corrected chi connectivity index (χ0v) is 9.04. The second kappa shape index (κ2) is 5.02. The van der Waals surface area contributed by atoms with Gasteiger partial charge in [-0.2, -0.15) is 0 Å². The van der Waals surface area contributed by atoms with E-state index in [1.54, 1.807) is 0 Å². The zero-order valence-electron chi connectivity index (χ0n) is 7.41. The van der Waals surface area contributed by atoms with Crippen LogP contribution in [0, 0.1) is 0 Å². The predicted molar refractivity (Wildman–Crippen MR) is 54.5 cm³/mol. The van der Waals surface area contributed by atoms with Crippen molar-refractivity contribution in [1.82, 2.24) is 0 Å². The number of carbonyl (C=O) groups excluding carboxylic acids is 1. The molecule has 1 fully saturated rings. The van der Waals surface area contributed by atoms with Gasteiger partial charge in [-0.05, 0) is 6.92 Å². The lowest BCUT2D eigenvalue weighted by molar-refractivity contribution is -0.145. The van der Waals surface area contributed by atoms with E-state index in [1.165, 1.54) is 18.4 Å². The molecule has 1 aliphatic heterocycles. The molecule has 0 spiro atoms. The lowest BCUT2D eigenvalue weighted by Crippen LogP contribution is -2.15. The fraction of sp³-hybridized carbons (Fsp3) is 0.875. The largest absolute Gasteiger partial charge is 0.463 e. The molecule has 70 valence electrons. The summed E-state index contributed by atoms with van der Waals surface area (Å²) in [6.07, 6.45) is 1.06. The van der Waals surface area contributed by atoms with Gasteiger partial charge in [0.1, 0.15) is 6.10 Å². The SMILES string of the molecule is CC(=O)O[C@@H](C)CC1SCCS1. The Hall–Kier alpha value is 0.170. The Morgan fingerprint density at radius 3 is 2.67 bits per heavy atom. The van der Waals surface area contributed by atoms with Gasteiger partial charge < -0.3 is 4.74 Å². The van der Waals surface area contributed by atoms with Gasteiger partial charge >= 0.3 is 5.97 Å². The van der Waals surface area contributed by atoms with Crippen molar-refractivity contribution in [3.63, 3.8) is 0 Å². The van der Waals surface area contributed by atoms with Crippen molar-refractivity contribution < 1.29 is 9.53 Å². The highest BCUT2D eigenvalue weighted by Crippen LogP contribution is 2.35. The van der Waals surface area contributed by atoms with Crippen molar-refractivity contribution in [2.75, 3.05) is 11.5 Å². The molecule has 0 bridgehead atoms. The maximum atomic E-state index is 10.6. The molecular weight excluding hydrogens is 192 g/mol. The van der Waals surface area contributed by atoms with Crippen molar-refractivity contribution >= 4 is 29.5 Å². The van der Waals surface area contributed by atoms with E-state index in [9.17, 15) is 4.79 Å². The minimum atomic E-state index is -0.171. The van der Waals surface area contributed by atoms with Gasteiger partial charge in [0.2, 0.25) is 0 Å². The molecule has 0 aromatic carbocycles. The van der Waals surface area contributed by atoms with Crippen LogP contribution in [0.25, 0.3) is 0 Å². The maximum absolute atomic E-state index is 10.6. The summed E-state index contributed by atoms with van der Waals surface area (Å²) >= 11 is 3.94. The number of rotatable bonds is 3. The monoisotopic (exact) mass is 206 g/mol. The van der Waals surface area contributed by atoms with E-state index in [4.69, 9.17) is 4.74 Å². The van der Waals surface area contributed by atoms with Gasteiger partial charge in [-0.25, -0.2) is 0 Å². The first kappa shape index (κ1) is 10.3. The Morgan fingerprint density at radius 2 is 2.17 bits per heavy atom. The molecule has 1 heterocycles. The average Bonchev–Trinajstić information content (AvgIpc) is 2.37. The van der Waals surface area contributed by atoms with Gasteiger partial charge in [0.25, 0.3) is 0 Å². The standard InChI is InChI=1S/C8H14O2S2/c1-6(10-7(2)9)5-8-11-3-4-12-8/h6,8H,3-5H2,1-2H3/t6-/m0/s1. The first-order chi connectivity index (χ1) is 5.68. The third kappa shape index (κ3) is 3.72. The summed E-state index contributed by atoms with van der Waals surface area (Å²) in [5.74, 6) is 2.31. The highest BCUT2D eigenvalue weighted by Gasteiger charge is 2.19. The molecule has 0 aromatic rings. The van der Waals surface area contributed by atoms with E-state index in [2.05, 4.69) is 0 Å². The van der Waals surface area contributed by atoms with Crippen LogP contribution in [0.15, 0.2) is 0 Å². The minimum absolute atomic E-state index is 0.0746. The Labute approximate surface area is 81.8 Å². The molecular formula is C8H14O2S2. The van der Waals surface area contributed by atoms with Crippen LogP contribution in [-0.2, 0) is 9.53 Å². The lowest BCUT2D eigenvalue weighted by Gasteiger charge is -2.14. The van der Waals surface area contributed by atoms with E-state index in [1.807, 2.05) is 30.4 Å². The average molecular weight is 206 g/mol. The van der Waals surface area contributed by atoms with Gasteiger partial charge in [-0.1, -0.05) is 0 Å². The van der Waals surface area contributed by atoms with Crippen LogP contribution in [0.5, 0.6) is 0 Å². The summed E-state index contributed by atoms with van der Waals surface area (Å²) in [5, 5.41) is 0. The quantitative estimate of drug-likeness (QED) is 0.661. The molecule has 0 radical (unpaired) electrons. The first-order valence-electron chi connectivity index (χ1n) is 4.09. The Morgan fingerprint density at radius 1 is 1.58 bits per heavy atom. The third-order valence-corrected chi connectivity index (χ3v) is 4.67. The van der Waals surface area contributed by atoms with Gasteiger partial charge in [-0.15, -0.1) is 23.5 Å². The summed E-state index contributed by atoms with van der Waals surface area (Å²) in [6.45, 7) is 3.42. The molecule has 4 heteroatoms. The number of thioether (sulfide) groups is 2. The summed E-state index contributed by atoms with van der Waals surface area (Å²) in [4.78, 5) is 10.6. The highest BCUT2D eigenvalue weighted by molar-refractivity contribution is 8.20. The van der Waals surface area contributed by atoms with Crippen LogP contribution >= 0.6 is 23.5 Å². The fourth-order valence-corrected chi connectivity index (χ4v) is 4.22. The topological polar surface area (TPSA) is 26.3 Å². The van der Waals surface area contributed by atoms with Crippen LogP contribution in [0.1, 0.15) is 20.3 Å². The summed E-state index contributed by atoms with van der Waals surface area (Å²) in [7, 11) is 0. The van der Waals surface area contributed by atoms with E-state index in [0.717, 1.165) is 6.42 Å². The van der Waals surface area contributed by atoms with E-state index >= 15 is 0 Å². The number of carbonyl (C=O) groups is 1. The molecule has 0 unspecified atom stereocenters.